The van der Waals surface area contributed by atoms with Crippen molar-refractivity contribution in [3.05, 3.63) is 28.1 Å². The Morgan fingerprint density at radius 1 is 1.42 bits per heavy atom. The summed E-state index contributed by atoms with van der Waals surface area (Å²) in [5, 5.41) is 9.81. The topological polar surface area (TPSA) is 100 Å². The van der Waals surface area contributed by atoms with Gasteiger partial charge in [-0.25, -0.2) is 9.78 Å². The third kappa shape index (κ3) is 3.56. The molecule has 0 aliphatic carbocycles. The minimum absolute atomic E-state index is 0.0543. The first-order valence-electron chi connectivity index (χ1n) is 7.71. The average Bonchev–Trinajstić information content (AvgIpc) is 3.10. The van der Waals surface area contributed by atoms with E-state index in [1.807, 2.05) is 13.8 Å². The van der Waals surface area contributed by atoms with Gasteiger partial charge in [0.15, 0.2) is 10.8 Å². The molecule has 1 aliphatic rings. The maximum Gasteiger partial charge on any atom is 0.321 e. The van der Waals surface area contributed by atoms with Crippen LogP contribution in [0.3, 0.4) is 0 Å². The van der Waals surface area contributed by atoms with Gasteiger partial charge >= 0.3 is 6.03 Å². The quantitative estimate of drug-likeness (QED) is 0.884. The van der Waals surface area contributed by atoms with Gasteiger partial charge in [0.25, 0.3) is 5.91 Å². The minimum atomic E-state index is -0.276. The van der Waals surface area contributed by atoms with Gasteiger partial charge in [0, 0.05) is 30.0 Å². The number of thiazole rings is 1. The maximum atomic E-state index is 12.4. The Kier molecular flexibility index (Phi) is 4.52. The van der Waals surface area contributed by atoms with E-state index in [-0.39, 0.29) is 18.0 Å². The summed E-state index contributed by atoms with van der Waals surface area (Å²) >= 11 is 1.39. The lowest BCUT2D eigenvalue weighted by Gasteiger charge is -2.25. The molecule has 24 heavy (non-hydrogen) atoms. The molecule has 128 valence electrons. The predicted octanol–water partition coefficient (Wildman–Crippen LogP) is 2.17. The molecule has 0 atom stereocenters. The number of aryl methyl sites for hydroxylation is 1. The number of hydrogen-bond acceptors (Lipinski definition) is 6. The highest BCUT2D eigenvalue weighted by atomic mass is 32.1. The number of nitrogens with one attached hydrogen (secondary N) is 2. The van der Waals surface area contributed by atoms with Crippen LogP contribution < -0.4 is 10.6 Å². The zero-order chi connectivity index (χ0) is 17.3. The van der Waals surface area contributed by atoms with Gasteiger partial charge in [-0.3, -0.25) is 10.1 Å². The van der Waals surface area contributed by atoms with Crippen LogP contribution in [0.25, 0.3) is 0 Å². The van der Waals surface area contributed by atoms with Crippen molar-refractivity contribution in [1.29, 1.82) is 0 Å². The summed E-state index contributed by atoms with van der Waals surface area (Å²) in [6, 6.07) is 1.41. The van der Waals surface area contributed by atoms with Crippen LogP contribution >= 0.6 is 11.3 Å². The number of hydrogen-bond donors (Lipinski definition) is 2. The van der Waals surface area contributed by atoms with E-state index in [0.717, 1.165) is 10.6 Å². The van der Waals surface area contributed by atoms with Gasteiger partial charge in [0.1, 0.15) is 5.76 Å². The van der Waals surface area contributed by atoms with Gasteiger partial charge < -0.3 is 14.7 Å². The Morgan fingerprint density at radius 2 is 2.21 bits per heavy atom. The van der Waals surface area contributed by atoms with E-state index in [2.05, 4.69) is 20.8 Å². The van der Waals surface area contributed by atoms with Crippen LogP contribution in [0.15, 0.2) is 10.6 Å². The standard InChI is InChI=1S/C15H19N5O3S/c1-8(2)16-14(22)18-15-17-10-4-5-20(7-12(10)24-15)13(21)11-6-9(3)23-19-11/h6,8H,4-5,7H2,1-3H3,(H2,16,17,18,22). The molecule has 2 aromatic heterocycles. The molecule has 3 heterocycles. The fourth-order valence-electron chi connectivity index (χ4n) is 2.45. The van der Waals surface area contributed by atoms with Crippen molar-refractivity contribution in [3.63, 3.8) is 0 Å². The SMILES string of the molecule is Cc1cc(C(=O)N2CCc3nc(NC(=O)NC(C)C)sc3C2)no1. The second-order valence-corrected chi connectivity index (χ2v) is 7.03. The van der Waals surface area contributed by atoms with Crippen molar-refractivity contribution in [1.82, 2.24) is 20.4 Å². The molecule has 0 saturated heterocycles. The number of anilines is 1. The monoisotopic (exact) mass is 349 g/mol. The molecule has 8 nitrogen and oxygen atoms in total. The largest absolute Gasteiger partial charge is 0.361 e. The summed E-state index contributed by atoms with van der Waals surface area (Å²) < 4.78 is 4.96. The van der Waals surface area contributed by atoms with Crippen LogP contribution in [-0.2, 0) is 13.0 Å². The number of aromatic nitrogens is 2. The lowest BCUT2D eigenvalue weighted by molar-refractivity contribution is 0.0725. The fourth-order valence-corrected chi connectivity index (χ4v) is 3.47. The second-order valence-electron chi connectivity index (χ2n) is 5.94. The number of fused-ring (bicyclic) bond motifs is 1. The van der Waals surface area contributed by atoms with E-state index in [9.17, 15) is 9.59 Å². The summed E-state index contributed by atoms with van der Waals surface area (Å²) in [6.45, 7) is 6.56. The van der Waals surface area contributed by atoms with E-state index >= 15 is 0 Å². The number of amides is 3. The highest BCUT2D eigenvalue weighted by molar-refractivity contribution is 7.15. The highest BCUT2D eigenvalue weighted by Crippen LogP contribution is 2.29. The maximum absolute atomic E-state index is 12.4. The number of carbonyl (C=O) groups is 2. The molecular formula is C15H19N5O3S. The van der Waals surface area contributed by atoms with Gasteiger partial charge in [-0.05, 0) is 20.8 Å². The molecular weight excluding hydrogens is 330 g/mol. The van der Waals surface area contributed by atoms with Crippen LogP contribution in [0.5, 0.6) is 0 Å². The van der Waals surface area contributed by atoms with E-state index in [1.54, 1.807) is 17.9 Å². The fraction of sp³-hybridized carbons (Fsp3) is 0.467. The first-order chi connectivity index (χ1) is 11.4. The molecule has 0 unspecified atom stereocenters. The summed E-state index contributed by atoms with van der Waals surface area (Å²) in [6.07, 6.45) is 0.655. The Hall–Kier alpha value is -2.42. The molecule has 0 fully saturated rings. The molecule has 0 bridgehead atoms. The van der Waals surface area contributed by atoms with Gasteiger partial charge in [0.2, 0.25) is 0 Å². The second kappa shape index (κ2) is 6.60. The summed E-state index contributed by atoms with van der Waals surface area (Å²) in [7, 11) is 0. The first kappa shape index (κ1) is 16.4. The average molecular weight is 349 g/mol. The van der Waals surface area contributed by atoms with Gasteiger partial charge in [-0.1, -0.05) is 16.5 Å². The summed E-state index contributed by atoms with van der Waals surface area (Å²) in [4.78, 5) is 31.3. The molecule has 3 amide bonds. The van der Waals surface area contributed by atoms with Crippen molar-refractivity contribution in [2.75, 3.05) is 11.9 Å². The number of nitrogens with zero attached hydrogens (tertiary/aromatic N) is 3. The zero-order valence-corrected chi connectivity index (χ0v) is 14.6. The molecule has 3 rings (SSSR count). The van der Waals surface area contributed by atoms with Crippen LogP contribution in [-0.4, -0.2) is 39.6 Å². The number of urea groups is 1. The third-order valence-electron chi connectivity index (χ3n) is 3.51. The van der Waals surface area contributed by atoms with Gasteiger partial charge in [-0.2, -0.15) is 0 Å². The highest BCUT2D eigenvalue weighted by Gasteiger charge is 2.26. The van der Waals surface area contributed by atoms with Crippen molar-refractivity contribution in [3.8, 4) is 0 Å². The molecule has 2 N–H and O–H groups in total. The minimum Gasteiger partial charge on any atom is -0.361 e. The summed E-state index contributed by atoms with van der Waals surface area (Å²) in [5.74, 6) is 0.453. The Labute approximate surface area is 143 Å². The first-order valence-corrected chi connectivity index (χ1v) is 8.52. The van der Waals surface area contributed by atoms with Gasteiger partial charge in [0.05, 0.1) is 12.2 Å². The predicted molar refractivity (Wildman–Crippen MR) is 89.1 cm³/mol. The molecule has 0 aromatic carbocycles. The lowest BCUT2D eigenvalue weighted by Crippen LogP contribution is -2.35. The molecule has 9 heteroatoms. The van der Waals surface area contributed by atoms with E-state index in [1.165, 1.54) is 11.3 Å². The Morgan fingerprint density at radius 3 is 2.88 bits per heavy atom. The smallest absolute Gasteiger partial charge is 0.321 e. The molecule has 0 saturated carbocycles. The van der Waals surface area contributed by atoms with E-state index < -0.39 is 0 Å². The van der Waals surface area contributed by atoms with Crippen LogP contribution in [0, 0.1) is 6.92 Å². The third-order valence-corrected chi connectivity index (χ3v) is 4.50. The van der Waals surface area contributed by atoms with E-state index in [0.29, 0.717) is 36.1 Å². The van der Waals surface area contributed by atoms with Crippen molar-refractivity contribution in [2.45, 2.75) is 39.8 Å². The zero-order valence-electron chi connectivity index (χ0n) is 13.8. The Balaban J connectivity index is 1.67. The van der Waals surface area contributed by atoms with Gasteiger partial charge in [-0.15, -0.1) is 0 Å². The number of carbonyl (C=O) groups excluding carboxylic acids is 2. The van der Waals surface area contributed by atoms with Crippen molar-refractivity contribution < 1.29 is 14.1 Å². The molecule has 2 aromatic rings. The lowest BCUT2D eigenvalue weighted by atomic mass is 10.1. The normalized spacial score (nSPS) is 13.8. The van der Waals surface area contributed by atoms with Crippen LogP contribution in [0.2, 0.25) is 0 Å². The van der Waals surface area contributed by atoms with E-state index in [4.69, 9.17) is 4.52 Å². The van der Waals surface area contributed by atoms with Crippen LogP contribution in [0.4, 0.5) is 9.93 Å². The van der Waals surface area contributed by atoms with Crippen molar-refractivity contribution in [2.24, 2.45) is 0 Å². The number of rotatable bonds is 3. The van der Waals surface area contributed by atoms with Crippen LogP contribution in [0.1, 0.15) is 40.7 Å². The molecule has 0 spiro atoms. The molecule has 0 radical (unpaired) electrons. The molecule has 1 aliphatic heterocycles. The Bertz CT molecular complexity index is 767. The van der Waals surface area contributed by atoms with Crippen molar-refractivity contribution >= 4 is 28.4 Å². The summed E-state index contributed by atoms with van der Waals surface area (Å²) in [5.41, 5.74) is 1.25.